The van der Waals surface area contributed by atoms with Gasteiger partial charge in [0, 0.05) is 0 Å². The highest BCUT2D eigenvalue weighted by Gasteiger charge is 2.16. The van der Waals surface area contributed by atoms with E-state index in [1.54, 1.807) is 6.07 Å². The van der Waals surface area contributed by atoms with Gasteiger partial charge in [0.2, 0.25) is 0 Å². The minimum absolute atomic E-state index is 0.109. The lowest BCUT2D eigenvalue weighted by atomic mass is 9.98. The van der Waals surface area contributed by atoms with Crippen LogP contribution in [0.25, 0.3) is 0 Å². The van der Waals surface area contributed by atoms with Crippen LogP contribution >= 0.6 is 23.2 Å². The maximum absolute atomic E-state index is 11.3. The Labute approximate surface area is 182 Å². The van der Waals surface area contributed by atoms with Crippen LogP contribution in [0.5, 0.6) is 0 Å². The van der Waals surface area contributed by atoms with Crippen LogP contribution in [-0.4, -0.2) is 11.1 Å². The maximum Gasteiger partial charge on any atom is 0.337 e. The van der Waals surface area contributed by atoms with E-state index in [4.69, 9.17) is 23.2 Å². The zero-order valence-electron chi connectivity index (χ0n) is 17.8. The third-order valence-electron chi connectivity index (χ3n) is 5.59. The number of benzene rings is 1. The first-order valence-corrected chi connectivity index (χ1v) is 11.9. The minimum Gasteiger partial charge on any atom is -0.478 e. The third-order valence-corrected chi connectivity index (χ3v) is 6.55. The van der Waals surface area contributed by atoms with Gasteiger partial charge in [0.1, 0.15) is 0 Å². The molecule has 0 amide bonds. The predicted octanol–water partition coefficient (Wildman–Crippen LogP) is 9.02. The SMILES string of the molecule is CCCCCCCCCCCCCCCCc1cc(C(=O)O)c(Cl)c(Cl)c1C. The molecule has 1 N–H and O–H groups in total. The average Bonchev–Trinajstić information content (AvgIpc) is 2.67. The molecule has 0 aromatic heterocycles. The summed E-state index contributed by atoms with van der Waals surface area (Å²) in [6, 6.07) is 1.69. The molecule has 0 atom stereocenters. The molecule has 1 aromatic carbocycles. The molecule has 0 saturated carbocycles. The number of aryl methyl sites for hydroxylation is 1. The van der Waals surface area contributed by atoms with Crippen LogP contribution in [0.1, 0.15) is 118 Å². The number of carboxylic acids is 1. The van der Waals surface area contributed by atoms with Crippen molar-refractivity contribution >= 4 is 29.2 Å². The van der Waals surface area contributed by atoms with Crippen molar-refractivity contribution in [1.82, 2.24) is 0 Å². The lowest BCUT2D eigenvalue weighted by molar-refractivity contribution is 0.0697. The van der Waals surface area contributed by atoms with Crippen LogP contribution < -0.4 is 0 Å². The van der Waals surface area contributed by atoms with Crippen molar-refractivity contribution in [3.8, 4) is 0 Å². The van der Waals surface area contributed by atoms with Crippen molar-refractivity contribution in [2.24, 2.45) is 0 Å². The van der Waals surface area contributed by atoms with E-state index < -0.39 is 5.97 Å². The zero-order valence-corrected chi connectivity index (χ0v) is 19.3. The van der Waals surface area contributed by atoms with Crippen molar-refractivity contribution in [3.63, 3.8) is 0 Å². The van der Waals surface area contributed by atoms with Crippen LogP contribution in [0.15, 0.2) is 6.07 Å². The topological polar surface area (TPSA) is 37.3 Å². The lowest BCUT2D eigenvalue weighted by Crippen LogP contribution is -2.02. The van der Waals surface area contributed by atoms with E-state index in [0.29, 0.717) is 5.02 Å². The highest BCUT2D eigenvalue weighted by atomic mass is 35.5. The summed E-state index contributed by atoms with van der Waals surface area (Å²) in [5.74, 6) is -1.02. The molecular weight excluding hydrogens is 391 g/mol. The molecule has 0 spiro atoms. The second-order valence-electron chi connectivity index (χ2n) is 7.99. The van der Waals surface area contributed by atoms with Crippen LogP contribution in [0, 0.1) is 6.92 Å². The smallest absolute Gasteiger partial charge is 0.337 e. The van der Waals surface area contributed by atoms with Crippen LogP contribution in [-0.2, 0) is 6.42 Å². The highest BCUT2D eigenvalue weighted by molar-refractivity contribution is 6.44. The summed E-state index contributed by atoms with van der Waals surface area (Å²) in [7, 11) is 0. The molecule has 0 aliphatic carbocycles. The Hall–Kier alpha value is -0.730. The monoisotopic (exact) mass is 428 g/mol. The normalized spacial score (nSPS) is 11.1. The van der Waals surface area contributed by atoms with Crippen LogP contribution in [0.3, 0.4) is 0 Å². The van der Waals surface area contributed by atoms with Gasteiger partial charge in [-0.1, -0.05) is 114 Å². The fourth-order valence-electron chi connectivity index (χ4n) is 3.69. The molecule has 4 heteroatoms. The number of carbonyl (C=O) groups is 1. The molecule has 2 nitrogen and oxygen atoms in total. The number of hydrogen-bond donors (Lipinski definition) is 1. The van der Waals surface area contributed by atoms with E-state index in [1.165, 1.54) is 83.5 Å². The van der Waals surface area contributed by atoms with Crippen molar-refractivity contribution < 1.29 is 9.90 Å². The van der Waals surface area contributed by atoms with Crippen molar-refractivity contribution in [2.45, 2.75) is 110 Å². The molecule has 0 radical (unpaired) electrons. The Morgan fingerprint density at radius 3 is 1.64 bits per heavy atom. The Kier molecular flexibility index (Phi) is 13.7. The molecule has 0 unspecified atom stereocenters. The van der Waals surface area contributed by atoms with Gasteiger partial charge >= 0.3 is 5.97 Å². The van der Waals surface area contributed by atoms with E-state index in [9.17, 15) is 9.90 Å². The largest absolute Gasteiger partial charge is 0.478 e. The van der Waals surface area contributed by atoms with E-state index in [0.717, 1.165) is 24.0 Å². The molecular formula is C24H38Cl2O2. The predicted molar refractivity (Wildman–Crippen MR) is 122 cm³/mol. The Bertz CT molecular complexity index is 584. The first-order chi connectivity index (χ1) is 13.5. The van der Waals surface area contributed by atoms with Gasteiger partial charge in [0.25, 0.3) is 0 Å². The summed E-state index contributed by atoms with van der Waals surface area (Å²) in [5, 5.41) is 9.78. The first kappa shape index (κ1) is 25.3. The van der Waals surface area contributed by atoms with Gasteiger partial charge in [-0.3, -0.25) is 0 Å². The molecule has 0 fully saturated rings. The number of halogens is 2. The fourth-order valence-corrected chi connectivity index (χ4v) is 4.20. The number of rotatable bonds is 16. The Morgan fingerprint density at radius 2 is 1.21 bits per heavy atom. The van der Waals surface area contributed by atoms with Crippen molar-refractivity contribution in [1.29, 1.82) is 0 Å². The molecule has 28 heavy (non-hydrogen) atoms. The quantitative estimate of drug-likeness (QED) is 0.266. The van der Waals surface area contributed by atoms with E-state index in [-0.39, 0.29) is 10.6 Å². The number of aromatic carboxylic acids is 1. The summed E-state index contributed by atoms with van der Waals surface area (Å²) in [6.45, 7) is 4.18. The molecule has 0 aliphatic rings. The molecule has 0 saturated heterocycles. The summed E-state index contributed by atoms with van der Waals surface area (Å²) < 4.78 is 0. The average molecular weight is 429 g/mol. The van der Waals surface area contributed by atoms with Gasteiger partial charge in [-0.15, -0.1) is 0 Å². The molecule has 160 valence electrons. The Morgan fingerprint density at radius 1 is 0.786 bits per heavy atom. The van der Waals surface area contributed by atoms with Gasteiger partial charge in [-0.25, -0.2) is 4.79 Å². The molecule has 0 bridgehead atoms. The number of unbranched alkanes of at least 4 members (excludes halogenated alkanes) is 13. The zero-order chi connectivity index (χ0) is 20.8. The summed E-state index contributed by atoms with van der Waals surface area (Å²) in [6.07, 6.45) is 19.5. The van der Waals surface area contributed by atoms with E-state index >= 15 is 0 Å². The van der Waals surface area contributed by atoms with E-state index in [2.05, 4.69) is 6.92 Å². The van der Waals surface area contributed by atoms with Gasteiger partial charge in [0.05, 0.1) is 15.6 Å². The van der Waals surface area contributed by atoms with E-state index in [1.807, 2.05) is 6.92 Å². The lowest BCUT2D eigenvalue weighted by Gasteiger charge is -2.12. The Balaban J connectivity index is 2.10. The van der Waals surface area contributed by atoms with Gasteiger partial charge in [0.15, 0.2) is 0 Å². The fraction of sp³-hybridized carbons (Fsp3) is 0.708. The van der Waals surface area contributed by atoms with Gasteiger partial charge in [-0.05, 0) is 37.0 Å². The standard InChI is InChI=1S/C24H38Cl2O2/c1-3-4-5-6-7-8-9-10-11-12-13-14-15-16-17-20-18-21(24(27)28)23(26)22(25)19(20)2/h18H,3-17H2,1-2H3,(H,27,28). The molecule has 1 rings (SSSR count). The summed E-state index contributed by atoms with van der Waals surface area (Å²) in [5.41, 5.74) is 2.02. The number of hydrogen-bond acceptors (Lipinski definition) is 1. The van der Waals surface area contributed by atoms with Gasteiger partial charge < -0.3 is 5.11 Å². The molecule has 0 heterocycles. The van der Waals surface area contributed by atoms with Crippen molar-refractivity contribution in [2.75, 3.05) is 0 Å². The van der Waals surface area contributed by atoms with Crippen LogP contribution in [0.4, 0.5) is 0 Å². The summed E-state index contributed by atoms with van der Waals surface area (Å²) in [4.78, 5) is 11.3. The number of carboxylic acid groups (broad SMARTS) is 1. The third kappa shape index (κ3) is 9.65. The molecule has 1 aromatic rings. The maximum atomic E-state index is 11.3. The first-order valence-electron chi connectivity index (χ1n) is 11.2. The minimum atomic E-state index is -1.02. The van der Waals surface area contributed by atoms with Crippen molar-refractivity contribution in [3.05, 3.63) is 32.8 Å². The molecule has 0 aliphatic heterocycles. The van der Waals surface area contributed by atoms with Gasteiger partial charge in [-0.2, -0.15) is 0 Å². The highest BCUT2D eigenvalue weighted by Crippen LogP contribution is 2.32. The second-order valence-corrected chi connectivity index (χ2v) is 8.74. The summed E-state index contributed by atoms with van der Waals surface area (Å²) >= 11 is 12.2. The second kappa shape index (κ2) is 15.2. The van der Waals surface area contributed by atoms with Crippen LogP contribution in [0.2, 0.25) is 10.0 Å².